The molecular weight excluding hydrogens is 396 g/mol. The highest BCUT2D eigenvalue weighted by atomic mass is 35.5. The molecule has 0 atom stereocenters. The quantitative estimate of drug-likeness (QED) is 0.679. The highest BCUT2D eigenvalue weighted by Gasteiger charge is 2.30. The fraction of sp³-hybridized carbons (Fsp3) is 0.100. The molecule has 1 aromatic heterocycles. The number of nitrogens with one attached hydrogen (secondary N) is 1. The standard InChI is InChI=1S/C20H15ClN4O2S/c1-12-13-6-2-3-7-14(13)19(27)25(12)11-10-17(26)22-20-24-23-18(28-20)15-8-4-5-9-16(15)21/h2-9H,1,10-11H2,(H,22,24,26). The zero-order chi connectivity index (χ0) is 19.7. The Morgan fingerprint density at radius 2 is 1.75 bits per heavy atom. The number of hydrogen-bond donors (Lipinski definition) is 1. The maximum atomic E-state index is 12.5. The molecule has 0 unspecified atom stereocenters. The Balaban J connectivity index is 1.38. The van der Waals surface area contributed by atoms with E-state index in [-0.39, 0.29) is 24.8 Å². The average molecular weight is 411 g/mol. The molecule has 0 saturated heterocycles. The lowest BCUT2D eigenvalue weighted by atomic mass is 10.1. The zero-order valence-corrected chi connectivity index (χ0v) is 16.3. The topological polar surface area (TPSA) is 75.2 Å². The first-order chi connectivity index (χ1) is 13.5. The van der Waals surface area contributed by atoms with E-state index >= 15 is 0 Å². The molecule has 4 rings (SSSR count). The van der Waals surface area contributed by atoms with Gasteiger partial charge in [0.05, 0.1) is 5.02 Å². The molecule has 0 saturated carbocycles. The number of halogens is 1. The molecule has 2 aromatic carbocycles. The first-order valence-electron chi connectivity index (χ1n) is 8.53. The lowest BCUT2D eigenvalue weighted by Gasteiger charge is -2.16. The average Bonchev–Trinajstić information content (AvgIpc) is 3.24. The lowest BCUT2D eigenvalue weighted by Crippen LogP contribution is -2.27. The minimum atomic E-state index is -0.251. The molecule has 28 heavy (non-hydrogen) atoms. The summed E-state index contributed by atoms with van der Waals surface area (Å²) in [6, 6.07) is 14.6. The monoisotopic (exact) mass is 410 g/mol. The van der Waals surface area contributed by atoms with Gasteiger partial charge < -0.3 is 10.2 Å². The molecule has 2 heterocycles. The number of anilines is 1. The summed E-state index contributed by atoms with van der Waals surface area (Å²) >= 11 is 7.41. The van der Waals surface area contributed by atoms with Crippen LogP contribution in [-0.2, 0) is 4.79 Å². The molecule has 2 amide bonds. The third kappa shape index (κ3) is 3.42. The van der Waals surface area contributed by atoms with Gasteiger partial charge in [-0.2, -0.15) is 0 Å². The minimum absolute atomic E-state index is 0.125. The van der Waals surface area contributed by atoms with Crippen LogP contribution in [0.2, 0.25) is 5.02 Å². The summed E-state index contributed by atoms with van der Waals surface area (Å²) in [4.78, 5) is 26.3. The number of hydrogen-bond acceptors (Lipinski definition) is 5. The molecule has 0 radical (unpaired) electrons. The van der Waals surface area contributed by atoms with E-state index < -0.39 is 0 Å². The van der Waals surface area contributed by atoms with E-state index in [0.717, 1.165) is 11.1 Å². The molecule has 3 aromatic rings. The molecule has 8 heteroatoms. The second kappa shape index (κ2) is 7.53. The van der Waals surface area contributed by atoms with Gasteiger partial charge >= 0.3 is 0 Å². The van der Waals surface area contributed by atoms with Crippen LogP contribution in [0.4, 0.5) is 5.13 Å². The Morgan fingerprint density at radius 1 is 1.07 bits per heavy atom. The summed E-state index contributed by atoms with van der Waals surface area (Å²) in [6.07, 6.45) is 0.125. The number of benzene rings is 2. The van der Waals surface area contributed by atoms with Gasteiger partial charge in [0.1, 0.15) is 0 Å². The molecule has 0 fully saturated rings. The lowest BCUT2D eigenvalue weighted by molar-refractivity contribution is -0.116. The second-order valence-electron chi connectivity index (χ2n) is 6.14. The van der Waals surface area contributed by atoms with Crippen LogP contribution in [-0.4, -0.2) is 33.5 Å². The van der Waals surface area contributed by atoms with E-state index in [1.165, 1.54) is 16.2 Å². The van der Waals surface area contributed by atoms with Crippen LogP contribution < -0.4 is 5.32 Å². The van der Waals surface area contributed by atoms with Crippen molar-refractivity contribution < 1.29 is 9.59 Å². The molecule has 0 spiro atoms. The molecule has 0 bridgehead atoms. The van der Waals surface area contributed by atoms with Crippen LogP contribution in [0.15, 0.2) is 55.1 Å². The predicted octanol–water partition coefficient (Wildman–Crippen LogP) is 4.31. The van der Waals surface area contributed by atoms with Crippen molar-refractivity contribution in [2.24, 2.45) is 0 Å². The van der Waals surface area contributed by atoms with Crippen LogP contribution in [0.1, 0.15) is 22.3 Å². The number of carbonyl (C=O) groups is 2. The largest absolute Gasteiger partial charge is 0.308 e. The van der Waals surface area contributed by atoms with E-state index in [4.69, 9.17) is 11.6 Å². The molecule has 140 valence electrons. The van der Waals surface area contributed by atoms with Crippen LogP contribution in [0.25, 0.3) is 16.3 Å². The molecule has 6 nitrogen and oxygen atoms in total. The van der Waals surface area contributed by atoms with E-state index in [1.807, 2.05) is 36.4 Å². The summed E-state index contributed by atoms with van der Waals surface area (Å²) < 4.78 is 0. The van der Waals surface area contributed by atoms with Gasteiger partial charge in [0.2, 0.25) is 11.0 Å². The third-order valence-corrected chi connectivity index (χ3v) is 5.58. The van der Waals surface area contributed by atoms with E-state index in [1.54, 1.807) is 12.1 Å². The van der Waals surface area contributed by atoms with Crippen molar-refractivity contribution in [2.75, 3.05) is 11.9 Å². The maximum Gasteiger partial charge on any atom is 0.258 e. The number of amides is 2. The SMILES string of the molecule is C=C1c2ccccc2C(=O)N1CCC(=O)Nc1nnc(-c2ccccc2Cl)s1. The highest BCUT2D eigenvalue weighted by Crippen LogP contribution is 2.32. The van der Waals surface area contributed by atoms with Crippen molar-refractivity contribution in [3.8, 4) is 10.6 Å². The van der Waals surface area contributed by atoms with Crippen LogP contribution >= 0.6 is 22.9 Å². The van der Waals surface area contributed by atoms with Gasteiger partial charge in [-0.25, -0.2) is 0 Å². The fourth-order valence-corrected chi connectivity index (χ4v) is 4.06. The van der Waals surface area contributed by atoms with Crippen LogP contribution in [0.5, 0.6) is 0 Å². The van der Waals surface area contributed by atoms with Gasteiger partial charge in [0, 0.05) is 35.4 Å². The summed E-state index contributed by atoms with van der Waals surface area (Å²) in [5, 5.41) is 12.4. The molecular formula is C20H15ClN4O2S. The number of aromatic nitrogens is 2. The molecule has 0 aliphatic carbocycles. The van der Waals surface area contributed by atoms with Crippen molar-refractivity contribution in [1.29, 1.82) is 0 Å². The van der Waals surface area contributed by atoms with Crippen molar-refractivity contribution in [2.45, 2.75) is 6.42 Å². The normalized spacial score (nSPS) is 13.0. The number of rotatable bonds is 5. The maximum absolute atomic E-state index is 12.5. The molecule has 1 N–H and O–H groups in total. The zero-order valence-electron chi connectivity index (χ0n) is 14.7. The summed E-state index contributed by atoms with van der Waals surface area (Å²) in [7, 11) is 0. The fourth-order valence-electron chi connectivity index (χ4n) is 2.98. The smallest absolute Gasteiger partial charge is 0.258 e. The van der Waals surface area contributed by atoms with Crippen molar-refractivity contribution in [1.82, 2.24) is 15.1 Å². The van der Waals surface area contributed by atoms with Crippen molar-refractivity contribution in [3.63, 3.8) is 0 Å². The number of nitrogens with zero attached hydrogens (tertiary/aromatic N) is 3. The van der Waals surface area contributed by atoms with Crippen molar-refractivity contribution in [3.05, 3.63) is 71.3 Å². The van der Waals surface area contributed by atoms with E-state index in [0.29, 0.717) is 26.4 Å². The van der Waals surface area contributed by atoms with Gasteiger partial charge in [-0.15, -0.1) is 10.2 Å². The Morgan fingerprint density at radius 3 is 2.46 bits per heavy atom. The van der Waals surface area contributed by atoms with Gasteiger partial charge in [0.15, 0.2) is 5.01 Å². The van der Waals surface area contributed by atoms with Gasteiger partial charge in [0.25, 0.3) is 5.91 Å². The van der Waals surface area contributed by atoms with Gasteiger partial charge in [-0.05, 0) is 12.1 Å². The van der Waals surface area contributed by atoms with Gasteiger partial charge in [-0.1, -0.05) is 65.9 Å². The van der Waals surface area contributed by atoms with E-state index in [2.05, 4.69) is 22.1 Å². The second-order valence-corrected chi connectivity index (χ2v) is 7.52. The molecule has 1 aliphatic rings. The Bertz CT molecular complexity index is 1060. The summed E-state index contributed by atoms with van der Waals surface area (Å²) in [6.45, 7) is 4.22. The number of carbonyl (C=O) groups excluding carboxylic acids is 2. The van der Waals surface area contributed by atoms with Crippen molar-refractivity contribution >= 4 is 45.6 Å². The summed E-state index contributed by atoms with van der Waals surface area (Å²) in [5.41, 5.74) is 2.80. The van der Waals surface area contributed by atoms with E-state index in [9.17, 15) is 9.59 Å². The van der Waals surface area contributed by atoms with Crippen LogP contribution in [0, 0.1) is 0 Å². The van der Waals surface area contributed by atoms with Gasteiger partial charge in [-0.3, -0.25) is 9.59 Å². The molecule has 1 aliphatic heterocycles. The predicted molar refractivity (Wildman–Crippen MR) is 110 cm³/mol. The highest BCUT2D eigenvalue weighted by molar-refractivity contribution is 7.18. The summed E-state index contributed by atoms with van der Waals surface area (Å²) in [5.74, 6) is -0.385. The minimum Gasteiger partial charge on any atom is -0.308 e. The van der Waals surface area contributed by atoms with Crippen LogP contribution in [0.3, 0.4) is 0 Å². The Hall–Kier alpha value is -3.03. The Labute approximate surface area is 170 Å². The third-order valence-electron chi connectivity index (χ3n) is 4.38. The first kappa shape index (κ1) is 18.3. The number of fused-ring (bicyclic) bond motifs is 1. The first-order valence-corrected chi connectivity index (χ1v) is 9.72. The Kier molecular flexibility index (Phi) is 4.93.